The molecule has 33 heavy (non-hydrogen) atoms. The zero-order chi connectivity index (χ0) is 23.5. The number of nitrogens with zero attached hydrogens (tertiary/aromatic N) is 2. The van der Waals surface area contributed by atoms with Crippen LogP contribution in [0.3, 0.4) is 0 Å². The molecule has 0 saturated heterocycles. The zero-order valence-corrected chi connectivity index (χ0v) is 20.4. The number of amides is 2. The van der Waals surface area contributed by atoms with E-state index in [-0.39, 0.29) is 35.2 Å². The lowest BCUT2D eigenvalue weighted by molar-refractivity contribution is -0.133. The quantitative estimate of drug-likeness (QED) is 0.359. The van der Waals surface area contributed by atoms with E-state index in [0.717, 1.165) is 28.8 Å². The maximum absolute atomic E-state index is 13.5. The summed E-state index contributed by atoms with van der Waals surface area (Å²) in [7, 11) is 0. The lowest BCUT2D eigenvalue weighted by Crippen LogP contribution is -2.43. The van der Waals surface area contributed by atoms with Crippen LogP contribution in [0.1, 0.15) is 39.2 Å². The summed E-state index contributed by atoms with van der Waals surface area (Å²) in [5.41, 5.74) is 2.27. The van der Waals surface area contributed by atoms with Crippen LogP contribution in [0.15, 0.2) is 53.9 Å². The Bertz CT molecular complexity index is 1160. The summed E-state index contributed by atoms with van der Waals surface area (Å²) < 4.78 is 13.4. The first kappa shape index (κ1) is 23.7. The first-order valence-electron chi connectivity index (χ1n) is 10.6. The summed E-state index contributed by atoms with van der Waals surface area (Å²) in [6.45, 7) is 2.71. The molecule has 1 saturated carbocycles. The molecule has 1 aliphatic rings. The van der Waals surface area contributed by atoms with Gasteiger partial charge in [-0.2, -0.15) is 0 Å². The van der Waals surface area contributed by atoms with E-state index >= 15 is 0 Å². The van der Waals surface area contributed by atoms with Crippen LogP contribution in [0.2, 0.25) is 10.0 Å². The third kappa shape index (κ3) is 5.94. The van der Waals surface area contributed by atoms with Gasteiger partial charge in [0.25, 0.3) is 5.91 Å². The van der Waals surface area contributed by atoms with E-state index in [4.69, 9.17) is 23.2 Å². The summed E-state index contributed by atoms with van der Waals surface area (Å²) in [5.74, 6) is -0.768. The van der Waals surface area contributed by atoms with Crippen molar-refractivity contribution in [2.75, 3.05) is 6.54 Å². The third-order valence-corrected chi connectivity index (χ3v) is 7.21. The molecule has 2 aromatic carbocycles. The minimum absolute atomic E-state index is 0.0179. The van der Waals surface area contributed by atoms with Crippen LogP contribution in [-0.2, 0) is 17.9 Å². The Hall–Kier alpha value is -2.41. The molecule has 0 atom stereocenters. The number of rotatable bonds is 8. The van der Waals surface area contributed by atoms with Crippen molar-refractivity contribution < 1.29 is 14.0 Å². The molecule has 0 bridgehead atoms. The molecule has 1 aromatic heterocycles. The Morgan fingerprint density at radius 2 is 1.79 bits per heavy atom. The summed E-state index contributed by atoms with van der Waals surface area (Å²) in [6.07, 6.45) is 1.71. The molecule has 0 aliphatic heterocycles. The predicted octanol–water partition coefficient (Wildman–Crippen LogP) is 6.34. The first-order valence-corrected chi connectivity index (χ1v) is 12.3. The van der Waals surface area contributed by atoms with Crippen LogP contribution in [0.4, 0.5) is 4.39 Å². The van der Waals surface area contributed by atoms with Gasteiger partial charge in [0, 0.05) is 22.5 Å². The predicted molar refractivity (Wildman–Crippen MR) is 130 cm³/mol. The van der Waals surface area contributed by atoms with Crippen LogP contribution >= 0.6 is 34.5 Å². The van der Waals surface area contributed by atoms with Crippen LogP contribution in [-0.4, -0.2) is 34.2 Å². The van der Waals surface area contributed by atoms with Gasteiger partial charge >= 0.3 is 0 Å². The Labute approximate surface area is 206 Å². The van der Waals surface area contributed by atoms with Crippen LogP contribution in [0.5, 0.6) is 0 Å². The van der Waals surface area contributed by atoms with Gasteiger partial charge in [-0.05, 0) is 72.7 Å². The lowest BCUT2D eigenvalue weighted by Gasteiger charge is -2.28. The highest BCUT2D eigenvalue weighted by molar-refractivity contribution is 7.10. The van der Waals surface area contributed by atoms with Crippen molar-refractivity contribution in [1.29, 1.82) is 0 Å². The van der Waals surface area contributed by atoms with Gasteiger partial charge in [0.2, 0.25) is 5.91 Å². The van der Waals surface area contributed by atoms with Gasteiger partial charge in [0.15, 0.2) is 0 Å². The van der Waals surface area contributed by atoms with Crippen molar-refractivity contribution in [3.05, 3.63) is 91.3 Å². The lowest BCUT2D eigenvalue weighted by atomic mass is 10.1. The molecule has 4 rings (SSSR count). The van der Waals surface area contributed by atoms with Crippen LogP contribution in [0, 0.1) is 12.7 Å². The number of aryl methyl sites for hydroxylation is 1. The second kappa shape index (κ2) is 10.2. The molecule has 8 heteroatoms. The second-order valence-electron chi connectivity index (χ2n) is 8.19. The van der Waals surface area contributed by atoms with Gasteiger partial charge in [-0.15, -0.1) is 11.3 Å². The molecular formula is C25H23Cl2FN2O2S. The fourth-order valence-corrected chi connectivity index (χ4v) is 5.01. The minimum atomic E-state index is -0.323. The summed E-state index contributed by atoms with van der Waals surface area (Å²) in [6, 6.07) is 12.9. The smallest absolute Gasteiger partial charge is 0.256 e. The molecule has 1 aliphatic carbocycles. The molecule has 4 nitrogen and oxygen atoms in total. The fourth-order valence-electron chi connectivity index (χ4n) is 3.60. The highest BCUT2D eigenvalue weighted by Gasteiger charge is 2.36. The SMILES string of the molecule is Cc1ccsc1CN(Cc1ccc(F)cc1)C(=O)CN(C(=O)c1ccc(Cl)cc1Cl)C1CC1. The molecule has 0 N–H and O–H groups in total. The molecule has 0 spiro atoms. The van der Waals surface area contributed by atoms with E-state index in [1.54, 1.807) is 45.4 Å². The molecule has 0 radical (unpaired) electrons. The van der Waals surface area contributed by atoms with Gasteiger partial charge in [-0.3, -0.25) is 9.59 Å². The van der Waals surface area contributed by atoms with Gasteiger partial charge in [-0.1, -0.05) is 35.3 Å². The van der Waals surface area contributed by atoms with Gasteiger partial charge in [-0.25, -0.2) is 4.39 Å². The Kier molecular flexibility index (Phi) is 7.37. The maximum Gasteiger partial charge on any atom is 0.256 e. The van der Waals surface area contributed by atoms with E-state index in [9.17, 15) is 14.0 Å². The molecule has 2 amide bonds. The van der Waals surface area contributed by atoms with Crippen molar-refractivity contribution in [3.8, 4) is 0 Å². The highest BCUT2D eigenvalue weighted by atomic mass is 35.5. The monoisotopic (exact) mass is 504 g/mol. The second-order valence-corrected chi connectivity index (χ2v) is 10.0. The van der Waals surface area contributed by atoms with Crippen molar-refractivity contribution in [3.63, 3.8) is 0 Å². The highest BCUT2D eigenvalue weighted by Crippen LogP contribution is 2.31. The Morgan fingerprint density at radius 1 is 1.06 bits per heavy atom. The van der Waals surface area contributed by atoms with Gasteiger partial charge in [0.1, 0.15) is 12.4 Å². The Balaban J connectivity index is 1.56. The van der Waals surface area contributed by atoms with Crippen LogP contribution in [0.25, 0.3) is 0 Å². The number of halogens is 3. The van der Waals surface area contributed by atoms with Gasteiger partial charge in [0.05, 0.1) is 17.1 Å². The topological polar surface area (TPSA) is 40.6 Å². The molecular weight excluding hydrogens is 482 g/mol. The number of carbonyl (C=O) groups excluding carboxylic acids is 2. The maximum atomic E-state index is 13.5. The average molecular weight is 505 g/mol. The van der Waals surface area contributed by atoms with E-state index in [2.05, 4.69) is 0 Å². The van der Waals surface area contributed by atoms with Crippen LogP contribution < -0.4 is 0 Å². The largest absolute Gasteiger partial charge is 0.332 e. The standard InChI is InChI=1S/C25H23Cl2FN2O2S/c1-16-10-11-33-23(16)14-29(13-17-2-5-19(28)6-3-17)24(31)15-30(20-7-8-20)25(32)21-9-4-18(26)12-22(21)27/h2-6,9-12,20H,7-8,13-15H2,1H3. The number of benzene rings is 2. The van der Waals surface area contributed by atoms with Crippen molar-refractivity contribution >= 4 is 46.4 Å². The van der Waals surface area contributed by atoms with E-state index in [1.165, 1.54) is 18.2 Å². The first-order chi connectivity index (χ1) is 15.8. The summed E-state index contributed by atoms with van der Waals surface area (Å²) in [5, 5.41) is 2.71. The Morgan fingerprint density at radius 3 is 2.39 bits per heavy atom. The van der Waals surface area contributed by atoms with Crippen molar-refractivity contribution in [2.24, 2.45) is 0 Å². The van der Waals surface area contributed by atoms with Crippen molar-refractivity contribution in [1.82, 2.24) is 9.80 Å². The molecule has 0 unspecified atom stereocenters. The fraction of sp³-hybridized carbons (Fsp3) is 0.280. The van der Waals surface area contributed by atoms with Gasteiger partial charge < -0.3 is 9.80 Å². The number of carbonyl (C=O) groups is 2. The number of thiophene rings is 1. The molecule has 172 valence electrons. The third-order valence-electron chi connectivity index (χ3n) is 5.66. The minimum Gasteiger partial charge on any atom is -0.332 e. The molecule has 1 fully saturated rings. The average Bonchev–Trinajstić information content (AvgIpc) is 3.54. The zero-order valence-electron chi connectivity index (χ0n) is 18.1. The number of hydrogen-bond donors (Lipinski definition) is 0. The molecule has 3 aromatic rings. The van der Waals surface area contributed by atoms with E-state index in [0.29, 0.717) is 23.7 Å². The van der Waals surface area contributed by atoms with Crippen molar-refractivity contribution in [2.45, 2.75) is 38.9 Å². The van der Waals surface area contributed by atoms with E-state index in [1.807, 2.05) is 18.4 Å². The summed E-state index contributed by atoms with van der Waals surface area (Å²) in [4.78, 5) is 31.2. The molecule has 1 heterocycles. The van der Waals surface area contributed by atoms with E-state index < -0.39 is 0 Å². The normalized spacial score (nSPS) is 13.1. The number of hydrogen-bond acceptors (Lipinski definition) is 3. The summed E-state index contributed by atoms with van der Waals surface area (Å²) >= 11 is 13.8.